The van der Waals surface area contributed by atoms with E-state index in [-0.39, 0.29) is 16.5 Å². The topological polar surface area (TPSA) is 86.4 Å². The second-order valence-corrected chi connectivity index (χ2v) is 8.67. The van der Waals surface area contributed by atoms with Crippen molar-refractivity contribution in [1.29, 1.82) is 0 Å². The van der Waals surface area contributed by atoms with Gasteiger partial charge in [-0.1, -0.05) is 6.07 Å². The fraction of sp³-hybridized carbons (Fsp3) is 0.556. The van der Waals surface area contributed by atoms with E-state index >= 15 is 0 Å². The summed E-state index contributed by atoms with van der Waals surface area (Å²) in [7, 11) is -2.17. The molecule has 0 amide bonds. The van der Waals surface area contributed by atoms with Crippen LogP contribution >= 0.6 is 0 Å². The Hall–Kier alpha value is -2.04. The Morgan fingerprint density at radius 2 is 2.00 bits per heavy atom. The standard InChI is InChI=1S/C18H25FN4O4S/c1-3-22-17(20-23(18(22)24)11-12-27-2)14-7-9-21(10-8-14)28(25,26)16-6-4-5-15(19)13-16/h4-6,13-14H,3,7-12H2,1-2H3. The fourth-order valence-electron chi connectivity index (χ4n) is 3.51. The van der Waals surface area contributed by atoms with Crippen LogP contribution in [0.15, 0.2) is 34.0 Å². The van der Waals surface area contributed by atoms with Gasteiger partial charge in [0.1, 0.15) is 11.6 Å². The van der Waals surface area contributed by atoms with E-state index in [9.17, 15) is 17.6 Å². The van der Waals surface area contributed by atoms with Gasteiger partial charge in [0.2, 0.25) is 10.0 Å². The second-order valence-electron chi connectivity index (χ2n) is 6.74. The lowest BCUT2D eigenvalue weighted by molar-refractivity contribution is 0.182. The molecule has 1 fully saturated rings. The largest absolute Gasteiger partial charge is 0.383 e. The third-order valence-electron chi connectivity index (χ3n) is 5.03. The maximum Gasteiger partial charge on any atom is 0.345 e. The lowest BCUT2D eigenvalue weighted by atomic mass is 9.97. The highest BCUT2D eigenvalue weighted by Crippen LogP contribution is 2.29. The molecule has 28 heavy (non-hydrogen) atoms. The van der Waals surface area contributed by atoms with Crippen LogP contribution in [0.4, 0.5) is 4.39 Å². The zero-order chi connectivity index (χ0) is 20.3. The van der Waals surface area contributed by atoms with Crippen LogP contribution in [0.2, 0.25) is 0 Å². The molecule has 8 nitrogen and oxygen atoms in total. The molecule has 2 aromatic rings. The number of rotatable bonds is 7. The normalized spacial score (nSPS) is 16.5. The molecule has 3 rings (SSSR count). The van der Waals surface area contributed by atoms with Crippen LogP contribution in [-0.2, 0) is 27.8 Å². The van der Waals surface area contributed by atoms with Crippen LogP contribution in [-0.4, -0.2) is 53.9 Å². The highest BCUT2D eigenvalue weighted by Gasteiger charge is 2.32. The fourth-order valence-corrected chi connectivity index (χ4v) is 5.01. The van der Waals surface area contributed by atoms with Crippen LogP contribution < -0.4 is 5.69 Å². The van der Waals surface area contributed by atoms with Crippen molar-refractivity contribution in [3.05, 3.63) is 46.4 Å². The van der Waals surface area contributed by atoms with Crippen LogP contribution in [0, 0.1) is 5.82 Å². The molecule has 1 aromatic carbocycles. The molecule has 0 spiro atoms. The number of ether oxygens (including phenoxy) is 1. The second kappa shape index (κ2) is 8.54. The summed E-state index contributed by atoms with van der Waals surface area (Å²) in [5.41, 5.74) is -0.177. The molecule has 154 valence electrons. The van der Waals surface area contributed by atoms with Gasteiger partial charge >= 0.3 is 5.69 Å². The van der Waals surface area contributed by atoms with Crippen molar-refractivity contribution in [2.45, 2.75) is 43.7 Å². The number of sulfonamides is 1. The molecule has 1 aliphatic rings. The Morgan fingerprint density at radius 1 is 1.29 bits per heavy atom. The number of methoxy groups -OCH3 is 1. The van der Waals surface area contributed by atoms with Crippen molar-refractivity contribution < 1.29 is 17.5 Å². The monoisotopic (exact) mass is 412 g/mol. The third kappa shape index (κ3) is 4.03. The number of hydrogen-bond donors (Lipinski definition) is 0. The molecule has 0 unspecified atom stereocenters. The van der Waals surface area contributed by atoms with Gasteiger partial charge in [0, 0.05) is 32.7 Å². The van der Waals surface area contributed by atoms with Crippen molar-refractivity contribution in [3.8, 4) is 0 Å². The number of piperidine rings is 1. The van der Waals surface area contributed by atoms with E-state index in [1.807, 2.05) is 6.92 Å². The summed E-state index contributed by atoms with van der Waals surface area (Å²) < 4.78 is 48.4. The minimum absolute atomic E-state index is 0.00426. The minimum atomic E-state index is -3.74. The molecule has 0 N–H and O–H groups in total. The highest BCUT2D eigenvalue weighted by atomic mass is 32.2. The number of benzene rings is 1. The first-order valence-corrected chi connectivity index (χ1v) is 10.7. The van der Waals surface area contributed by atoms with Crippen molar-refractivity contribution in [2.24, 2.45) is 0 Å². The lowest BCUT2D eigenvalue weighted by Gasteiger charge is -2.30. The van der Waals surface area contributed by atoms with Crippen molar-refractivity contribution in [1.82, 2.24) is 18.7 Å². The summed E-state index contributed by atoms with van der Waals surface area (Å²) in [6.07, 6.45) is 1.10. The average molecular weight is 412 g/mol. The molecule has 0 atom stereocenters. The Labute approximate surface area is 163 Å². The van der Waals surface area contributed by atoms with Gasteiger partial charge in [-0.05, 0) is 38.0 Å². The van der Waals surface area contributed by atoms with Gasteiger partial charge in [0.15, 0.2) is 0 Å². The first-order chi connectivity index (χ1) is 13.4. The summed E-state index contributed by atoms with van der Waals surface area (Å²) in [4.78, 5) is 12.4. The molecular formula is C18H25FN4O4S. The van der Waals surface area contributed by atoms with Gasteiger partial charge < -0.3 is 4.74 Å². The predicted molar refractivity (Wildman–Crippen MR) is 101 cm³/mol. The van der Waals surface area contributed by atoms with Gasteiger partial charge in [-0.15, -0.1) is 0 Å². The first kappa shape index (κ1) is 20.7. The van der Waals surface area contributed by atoms with Crippen LogP contribution in [0.25, 0.3) is 0 Å². The van der Waals surface area contributed by atoms with E-state index in [0.717, 1.165) is 6.07 Å². The average Bonchev–Trinajstić information content (AvgIpc) is 3.02. The van der Waals surface area contributed by atoms with Gasteiger partial charge in [0.25, 0.3) is 0 Å². The van der Waals surface area contributed by atoms with Crippen LogP contribution in [0.3, 0.4) is 0 Å². The van der Waals surface area contributed by atoms with Gasteiger partial charge in [-0.25, -0.2) is 22.3 Å². The zero-order valence-electron chi connectivity index (χ0n) is 16.0. The molecule has 0 bridgehead atoms. The van der Waals surface area contributed by atoms with Gasteiger partial charge in [0.05, 0.1) is 18.0 Å². The Morgan fingerprint density at radius 3 is 2.61 bits per heavy atom. The highest BCUT2D eigenvalue weighted by molar-refractivity contribution is 7.89. The Balaban J connectivity index is 1.76. The SMILES string of the molecule is CCn1c(C2CCN(S(=O)(=O)c3cccc(F)c3)CC2)nn(CCOC)c1=O. The summed E-state index contributed by atoms with van der Waals surface area (Å²) in [6, 6.07) is 5.04. The Kier molecular flexibility index (Phi) is 6.31. The van der Waals surface area contributed by atoms with Crippen LogP contribution in [0.5, 0.6) is 0 Å². The summed E-state index contributed by atoms with van der Waals surface area (Å²) in [5.74, 6) is 0.103. The van der Waals surface area contributed by atoms with Crippen molar-refractivity contribution in [2.75, 3.05) is 26.8 Å². The minimum Gasteiger partial charge on any atom is -0.383 e. The first-order valence-electron chi connectivity index (χ1n) is 9.30. The molecule has 0 aliphatic carbocycles. The molecular weight excluding hydrogens is 387 g/mol. The maximum atomic E-state index is 13.4. The number of halogens is 1. The zero-order valence-corrected chi connectivity index (χ0v) is 16.9. The third-order valence-corrected chi connectivity index (χ3v) is 6.92. The van der Waals surface area contributed by atoms with Gasteiger partial charge in [-0.2, -0.15) is 9.40 Å². The van der Waals surface area contributed by atoms with E-state index in [1.54, 1.807) is 11.7 Å². The molecule has 1 aliphatic heterocycles. The van der Waals surface area contributed by atoms with Crippen molar-refractivity contribution in [3.63, 3.8) is 0 Å². The number of hydrogen-bond acceptors (Lipinski definition) is 5. The number of aromatic nitrogens is 3. The van der Waals surface area contributed by atoms with E-state index < -0.39 is 15.8 Å². The molecule has 0 radical (unpaired) electrons. The van der Waals surface area contributed by atoms with Crippen molar-refractivity contribution >= 4 is 10.0 Å². The molecule has 0 saturated carbocycles. The molecule has 2 heterocycles. The lowest BCUT2D eigenvalue weighted by Crippen LogP contribution is -2.38. The summed E-state index contributed by atoms with van der Waals surface area (Å²) in [6.45, 7) is 3.75. The molecule has 10 heteroatoms. The maximum absolute atomic E-state index is 13.4. The molecule has 1 saturated heterocycles. The summed E-state index contributed by atoms with van der Waals surface area (Å²) in [5, 5.41) is 4.47. The van der Waals surface area contributed by atoms with E-state index in [1.165, 1.54) is 27.2 Å². The van der Waals surface area contributed by atoms with E-state index in [4.69, 9.17) is 4.74 Å². The van der Waals surface area contributed by atoms with E-state index in [2.05, 4.69) is 5.10 Å². The Bertz CT molecular complexity index is 978. The molecule has 1 aromatic heterocycles. The van der Waals surface area contributed by atoms with Gasteiger partial charge in [-0.3, -0.25) is 4.57 Å². The number of nitrogens with zero attached hydrogens (tertiary/aromatic N) is 4. The van der Waals surface area contributed by atoms with Crippen LogP contribution in [0.1, 0.15) is 31.5 Å². The smallest absolute Gasteiger partial charge is 0.345 e. The predicted octanol–water partition coefficient (Wildman–Crippen LogP) is 1.42. The quantitative estimate of drug-likeness (QED) is 0.687. The summed E-state index contributed by atoms with van der Waals surface area (Å²) >= 11 is 0. The van der Waals surface area contributed by atoms with E-state index in [0.29, 0.717) is 51.5 Å².